The first kappa shape index (κ1) is 11.2. The van der Waals surface area contributed by atoms with Crippen molar-refractivity contribution in [2.75, 3.05) is 19.7 Å². The Balaban J connectivity index is 1.88. The van der Waals surface area contributed by atoms with Gasteiger partial charge in [0.25, 0.3) is 0 Å². The van der Waals surface area contributed by atoms with Crippen LogP contribution in [0.1, 0.15) is 42.7 Å². The summed E-state index contributed by atoms with van der Waals surface area (Å²) in [6, 6.07) is 8.94. The number of hydrogen-bond acceptors (Lipinski definition) is 2. The van der Waals surface area contributed by atoms with Gasteiger partial charge in [-0.25, -0.2) is 0 Å². The Labute approximate surface area is 103 Å². The van der Waals surface area contributed by atoms with E-state index in [2.05, 4.69) is 29.6 Å². The molecule has 17 heavy (non-hydrogen) atoms. The minimum absolute atomic E-state index is 0.0854. The van der Waals surface area contributed by atoms with E-state index in [-0.39, 0.29) is 5.41 Å². The maximum absolute atomic E-state index is 9.63. The van der Waals surface area contributed by atoms with Gasteiger partial charge in [-0.05, 0) is 42.9 Å². The van der Waals surface area contributed by atoms with Crippen molar-refractivity contribution in [1.82, 2.24) is 5.32 Å². The summed E-state index contributed by atoms with van der Waals surface area (Å²) >= 11 is 0. The van der Waals surface area contributed by atoms with Crippen molar-refractivity contribution in [2.45, 2.75) is 37.0 Å². The molecule has 1 aliphatic heterocycles. The quantitative estimate of drug-likeness (QED) is 0.835. The van der Waals surface area contributed by atoms with Crippen LogP contribution in [0.15, 0.2) is 24.3 Å². The molecule has 1 saturated carbocycles. The molecule has 2 heteroatoms. The fourth-order valence-corrected chi connectivity index (χ4v) is 3.20. The van der Waals surface area contributed by atoms with Gasteiger partial charge in [0.1, 0.15) is 0 Å². The maximum atomic E-state index is 9.63. The van der Waals surface area contributed by atoms with Crippen LogP contribution in [0.5, 0.6) is 0 Å². The van der Waals surface area contributed by atoms with E-state index in [1.807, 2.05) is 0 Å². The zero-order chi connectivity index (χ0) is 11.7. The molecule has 1 atom stereocenters. The van der Waals surface area contributed by atoms with Crippen LogP contribution in [0.2, 0.25) is 0 Å². The van der Waals surface area contributed by atoms with Gasteiger partial charge in [-0.3, -0.25) is 0 Å². The van der Waals surface area contributed by atoms with Crippen molar-refractivity contribution >= 4 is 0 Å². The van der Waals surface area contributed by atoms with E-state index < -0.39 is 0 Å². The van der Waals surface area contributed by atoms with Crippen molar-refractivity contribution in [1.29, 1.82) is 0 Å². The van der Waals surface area contributed by atoms with Crippen LogP contribution in [0.3, 0.4) is 0 Å². The Morgan fingerprint density at radius 3 is 2.82 bits per heavy atom. The van der Waals surface area contributed by atoms with Crippen molar-refractivity contribution < 1.29 is 5.11 Å². The summed E-state index contributed by atoms with van der Waals surface area (Å²) in [5, 5.41) is 13.1. The first-order chi connectivity index (χ1) is 8.34. The minimum atomic E-state index is 0.0854. The molecule has 2 fully saturated rings. The van der Waals surface area contributed by atoms with E-state index in [4.69, 9.17) is 0 Å². The Morgan fingerprint density at radius 1 is 1.35 bits per heavy atom. The smallest absolute Gasteiger partial charge is 0.0527 e. The second-order valence-corrected chi connectivity index (χ2v) is 5.61. The summed E-state index contributed by atoms with van der Waals surface area (Å²) < 4.78 is 0. The molecule has 92 valence electrons. The molecule has 0 spiro atoms. The molecule has 0 bridgehead atoms. The average molecular weight is 231 g/mol. The molecule has 3 rings (SSSR count). The van der Waals surface area contributed by atoms with Crippen molar-refractivity contribution in [3.05, 3.63) is 35.4 Å². The molecule has 2 N–H and O–H groups in total. The maximum Gasteiger partial charge on any atom is 0.0527 e. The van der Waals surface area contributed by atoms with Crippen LogP contribution in [0, 0.1) is 0 Å². The number of aliphatic hydroxyl groups excluding tert-OH is 1. The van der Waals surface area contributed by atoms with E-state index in [0.717, 1.165) is 25.9 Å². The number of rotatable bonds is 3. The van der Waals surface area contributed by atoms with Gasteiger partial charge in [0, 0.05) is 12.0 Å². The van der Waals surface area contributed by atoms with Gasteiger partial charge in [0.05, 0.1) is 6.61 Å². The predicted octanol–water partition coefficient (Wildman–Crippen LogP) is 2.18. The van der Waals surface area contributed by atoms with Crippen molar-refractivity contribution in [3.8, 4) is 0 Å². The van der Waals surface area contributed by atoms with E-state index in [1.165, 1.54) is 24.0 Å². The fourth-order valence-electron chi connectivity index (χ4n) is 3.20. The summed E-state index contributed by atoms with van der Waals surface area (Å²) in [6.45, 7) is 2.55. The third-order valence-corrected chi connectivity index (χ3v) is 4.64. The summed E-state index contributed by atoms with van der Waals surface area (Å²) in [5.41, 5.74) is 2.89. The minimum Gasteiger partial charge on any atom is -0.395 e. The second-order valence-electron chi connectivity index (χ2n) is 5.61. The molecule has 0 amide bonds. The van der Waals surface area contributed by atoms with Gasteiger partial charge < -0.3 is 10.4 Å². The van der Waals surface area contributed by atoms with Gasteiger partial charge in [0.15, 0.2) is 0 Å². The molecule has 0 radical (unpaired) electrons. The lowest BCUT2D eigenvalue weighted by Gasteiger charge is -2.41. The van der Waals surface area contributed by atoms with Crippen LogP contribution in [0.25, 0.3) is 0 Å². The Bertz CT molecular complexity index is 386. The van der Waals surface area contributed by atoms with Crippen LogP contribution in [-0.4, -0.2) is 24.8 Å². The highest BCUT2D eigenvalue weighted by Crippen LogP contribution is 2.43. The Kier molecular flexibility index (Phi) is 2.93. The third-order valence-electron chi connectivity index (χ3n) is 4.64. The molecule has 1 aromatic rings. The zero-order valence-electron chi connectivity index (χ0n) is 10.3. The number of benzene rings is 1. The van der Waals surface area contributed by atoms with E-state index in [0.29, 0.717) is 12.5 Å². The van der Waals surface area contributed by atoms with Gasteiger partial charge >= 0.3 is 0 Å². The molecular weight excluding hydrogens is 210 g/mol. The van der Waals surface area contributed by atoms with Crippen molar-refractivity contribution in [2.24, 2.45) is 0 Å². The highest BCUT2D eigenvalue weighted by Gasteiger charge is 2.38. The summed E-state index contributed by atoms with van der Waals surface area (Å²) in [5.74, 6) is 0.672. The molecule has 1 unspecified atom stereocenters. The lowest BCUT2D eigenvalue weighted by atomic mass is 9.64. The van der Waals surface area contributed by atoms with Gasteiger partial charge in [-0.1, -0.05) is 30.7 Å². The number of aliphatic hydroxyl groups is 1. The summed E-state index contributed by atoms with van der Waals surface area (Å²) in [4.78, 5) is 0. The molecule has 0 aromatic heterocycles. The topological polar surface area (TPSA) is 32.3 Å². The lowest BCUT2D eigenvalue weighted by Crippen LogP contribution is -2.38. The molecule has 2 aliphatic rings. The molecule has 1 heterocycles. The largest absolute Gasteiger partial charge is 0.395 e. The van der Waals surface area contributed by atoms with Crippen LogP contribution >= 0.6 is 0 Å². The first-order valence-electron chi connectivity index (χ1n) is 6.76. The summed E-state index contributed by atoms with van der Waals surface area (Å²) in [6.07, 6.45) is 4.80. The molecular formula is C15H21NO. The highest BCUT2D eigenvalue weighted by atomic mass is 16.3. The van der Waals surface area contributed by atoms with Crippen LogP contribution < -0.4 is 5.32 Å². The standard InChI is InChI=1S/C15H21NO/c17-11-15(6-2-7-15)14-4-1-3-12(9-14)13-5-8-16-10-13/h1,3-4,9,13,16-17H,2,5-8,10-11H2. The summed E-state index contributed by atoms with van der Waals surface area (Å²) in [7, 11) is 0. The molecule has 2 nitrogen and oxygen atoms in total. The zero-order valence-corrected chi connectivity index (χ0v) is 10.3. The third kappa shape index (κ3) is 1.90. The van der Waals surface area contributed by atoms with Gasteiger partial charge in [0.2, 0.25) is 0 Å². The van der Waals surface area contributed by atoms with E-state index in [9.17, 15) is 5.11 Å². The van der Waals surface area contributed by atoms with Crippen molar-refractivity contribution in [3.63, 3.8) is 0 Å². The SMILES string of the molecule is OCC1(c2cccc(C3CCNC3)c2)CCC1. The Morgan fingerprint density at radius 2 is 2.24 bits per heavy atom. The van der Waals surface area contributed by atoms with Crippen LogP contribution in [0.4, 0.5) is 0 Å². The second kappa shape index (κ2) is 4.43. The number of hydrogen-bond donors (Lipinski definition) is 2. The van der Waals surface area contributed by atoms with E-state index in [1.54, 1.807) is 0 Å². The number of nitrogens with one attached hydrogen (secondary N) is 1. The predicted molar refractivity (Wildman–Crippen MR) is 69.3 cm³/mol. The highest BCUT2D eigenvalue weighted by molar-refractivity contribution is 5.34. The molecule has 1 aliphatic carbocycles. The molecule has 1 aromatic carbocycles. The van der Waals surface area contributed by atoms with Gasteiger partial charge in [-0.2, -0.15) is 0 Å². The van der Waals surface area contributed by atoms with Gasteiger partial charge in [-0.15, -0.1) is 0 Å². The van der Waals surface area contributed by atoms with E-state index >= 15 is 0 Å². The first-order valence-corrected chi connectivity index (χ1v) is 6.76. The normalized spacial score (nSPS) is 26.8. The Hall–Kier alpha value is -0.860. The monoisotopic (exact) mass is 231 g/mol. The fraction of sp³-hybridized carbons (Fsp3) is 0.600. The van der Waals surface area contributed by atoms with Crippen LogP contribution in [-0.2, 0) is 5.41 Å². The average Bonchev–Trinajstić information content (AvgIpc) is 2.82. The lowest BCUT2D eigenvalue weighted by molar-refractivity contribution is 0.120. The molecule has 1 saturated heterocycles.